The van der Waals surface area contributed by atoms with E-state index in [2.05, 4.69) is 16.0 Å². The van der Waals surface area contributed by atoms with Gasteiger partial charge in [0.2, 0.25) is 11.5 Å². The molecule has 2 N–H and O–H groups in total. The summed E-state index contributed by atoms with van der Waals surface area (Å²) >= 11 is 0. The summed E-state index contributed by atoms with van der Waals surface area (Å²) < 4.78 is 40.9. The maximum Gasteiger partial charge on any atom is 0.205 e. The van der Waals surface area contributed by atoms with Gasteiger partial charge in [0.25, 0.3) is 0 Å². The molecule has 7 rings (SSSR count). The van der Waals surface area contributed by atoms with Crippen molar-refractivity contribution in [2.24, 2.45) is 0 Å². The quantitative estimate of drug-likeness (QED) is 0.407. The predicted molar refractivity (Wildman–Crippen MR) is 127 cm³/mol. The fraction of sp³-hybridized carbons (Fsp3) is 0.280. The van der Waals surface area contributed by atoms with Crippen LogP contribution in [0.1, 0.15) is 0 Å². The van der Waals surface area contributed by atoms with Gasteiger partial charge in [-0.15, -0.1) is 0 Å². The van der Waals surface area contributed by atoms with E-state index in [-0.39, 0.29) is 0 Å². The molecule has 2 aliphatic heterocycles. The monoisotopic (exact) mass is 462 g/mol. The molecule has 0 saturated carbocycles. The third-order valence-corrected chi connectivity index (χ3v) is 6.56. The molecule has 4 heterocycles. The Morgan fingerprint density at radius 2 is 0.941 bits per heavy atom. The number of aromatic amines is 2. The second-order valence-electron chi connectivity index (χ2n) is 8.22. The Hall–Kier alpha value is -4.14. The smallest absolute Gasteiger partial charge is 0.205 e. The van der Waals surface area contributed by atoms with E-state index < -0.39 is 0 Å². The van der Waals surface area contributed by atoms with E-state index in [0.717, 1.165) is 43.6 Å². The zero-order valence-corrected chi connectivity index (χ0v) is 18.9. The van der Waals surface area contributed by atoms with Crippen LogP contribution in [0.15, 0.2) is 18.2 Å². The summed E-state index contributed by atoms with van der Waals surface area (Å²) in [4.78, 5) is 7.02. The number of H-pyrrole nitrogens is 2. The van der Waals surface area contributed by atoms with E-state index in [0.29, 0.717) is 66.7 Å². The first-order chi connectivity index (χ1) is 16.7. The molecule has 0 atom stereocenters. The van der Waals surface area contributed by atoms with Crippen LogP contribution in [-0.2, 0) is 0 Å². The minimum absolute atomic E-state index is 0.472. The van der Waals surface area contributed by atoms with Crippen LogP contribution in [0.5, 0.6) is 40.2 Å². The Balaban J connectivity index is 1.63. The Kier molecular flexibility index (Phi) is 3.94. The van der Waals surface area contributed by atoms with Gasteiger partial charge in [-0.25, -0.2) is 0 Å². The summed E-state index contributed by atoms with van der Waals surface area (Å²) in [6.45, 7) is 1.90. The number of nitrogens with one attached hydrogen (secondary N) is 2. The predicted octanol–water partition coefficient (Wildman–Crippen LogP) is 4.52. The number of ether oxygens (including phenoxy) is 7. The molecular formula is C25H22N2O7. The lowest BCUT2D eigenvalue weighted by Crippen LogP contribution is -2.16. The minimum atomic E-state index is 0.472. The van der Waals surface area contributed by atoms with Crippen LogP contribution >= 0.6 is 0 Å². The van der Waals surface area contributed by atoms with Crippen molar-refractivity contribution >= 4 is 43.6 Å². The van der Waals surface area contributed by atoms with Gasteiger partial charge < -0.3 is 43.1 Å². The first kappa shape index (κ1) is 19.3. The largest absolute Gasteiger partial charge is 0.493 e. The average molecular weight is 462 g/mol. The van der Waals surface area contributed by atoms with Crippen LogP contribution in [0.25, 0.3) is 43.6 Å². The molecule has 3 aromatic carbocycles. The molecule has 34 heavy (non-hydrogen) atoms. The first-order valence-electron chi connectivity index (χ1n) is 11.0. The molecule has 2 aliphatic rings. The highest BCUT2D eigenvalue weighted by Crippen LogP contribution is 2.51. The van der Waals surface area contributed by atoms with Crippen molar-refractivity contribution in [3.8, 4) is 40.2 Å². The molecular weight excluding hydrogens is 440 g/mol. The van der Waals surface area contributed by atoms with Crippen molar-refractivity contribution in [3.05, 3.63) is 18.2 Å². The lowest BCUT2D eigenvalue weighted by molar-refractivity contribution is 0.167. The highest BCUT2D eigenvalue weighted by atomic mass is 16.6. The van der Waals surface area contributed by atoms with Gasteiger partial charge in [0.05, 0.1) is 43.4 Å². The van der Waals surface area contributed by atoms with Crippen LogP contribution in [-0.4, -0.2) is 57.7 Å². The maximum atomic E-state index is 5.99. The number of hydrogen-bond acceptors (Lipinski definition) is 7. The molecule has 0 radical (unpaired) electrons. The Bertz CT molecular complexity index is 1520. The molecule has 5 aromatic rings. The van der Waals surface area contributed by atoms with Crippen LogP contribution in [0.2, 0.25) is 0 Å². The van der Waals surface area contributed by atoms with Crippen LogP contribution < -0.4 is 33.2 Å². The van der Waals surface area contributed by atoms with E-state index in [1.165, 1.54) is 0 Å². The Labute approximate surface area is 193 Å². The van der Waals surface area contributed by atoms with Gasteiger partial charge in [0.1, 0.15) is 26.4 Å². The second-order valence-corrected chi connectivity index (χ2v) is 8.22. The number of fused-ring (bicyclic) bond motifs is 10. The fourth-order valence-electron chi connectivity index (χ4n) is 5.12. The van der Waals surface area contributed by atoms with Gasteiger partial charge in [-0.2, -0.15) is 0 Å². The van der Waals surface area contributed by atoms with Crippen LogP contribution in [0.3, 0.4) is 0 Å². The highest BCUT2D eigenvalue weighted by molar-refractivity contribution is 6.22. The number of methoxy groups -OCH3 is 3. The van der Waals surface area contributed by atoms with Crippen molar-refractivity contribution in [3.63, 3.8) is 0 Å². The zero-order valence-electron chi connectivity index (χ0n) is 18.9. The summed E-state index contributed by atoms with van der Waals surface area (Å²) in [7, 11) is 4.92. The Morgan fingerprint density at radius 3 is 1.35 bits per heavy atom. The minimum Gasteiger partial charge on any atom is -0.493 e. The second kappa shape index (κ2) is 6.93. The van der Waals surface area contributed by atoms with Crippen molar-refractivity contribution in [2.75, 3.05) is 47.8 Å². The van der Waals surface area contributed by atoms with Crippen molar-refractivity contribution in [1.82, 2.24) is 9.97 Å². The zero-order chi connectivity index (χ0) is 23.0. The van der Waals surface area contributed by atoms with Gasteiger partial charge >= 0.3 is 0 Å². The summed E-state index contributed by atoms with van der Waals surface area (Å²) in [6.07, 6.45) is 0. The van der Waals surface area contributed by atoms with E-state index in [9.17, 15) is 0 Å². The molecule has 0 aliphatic carbocycles. The first-order valence-corrected chi connectivity index (χ1v) is 11.0. The highest BCUT2D eigenvalue weighted by Gasteiger charge is 2.28. The van der Waals surface area contributed by atoms with Gasteiger partial charge in [-0.3, -0.25) is 0 Å². The molecule has 9 heteroatoms. The summed E-state index contributed by atoms with van der Waals surface area (Å²) in [5, 5.41) is 3.86. The van der Waals surface area contributed by atoms with Crippen molar-refractivity contribution in [2.45, 2.75) is 0 Å². The molecule has 0 fully saturated rings. The number of hydrogen-bond donors (Lipinski definition) is 2. The van der Waals surface area contributed by atoms with E-state index in [1.807, 2.05) is 12.1 Å². The van der Waals surface area contributed by atoms with E-state index in [4.69, 9.17) is 33.2 Å². The van der Waals surface area contributed by atoms with Gasteiger partial charge in [-0.05, 0) is 18.2 Å². The third kappa shape index (κ3) is 2.38. The van der Waals surface area contributed by atoms with Gasteiger partial charge in [0, 0.05) is 21.5 Å². The lowest BCUT2D eigenvalue weighted by Gasteiger charge is -2.21. The maximum absolute atomic E-state index is 5.99. The molecule has 0 unspecified atom stereocenters. The molecule has 0 amide bonds. The summed E-state index contributed by atoms with van der Waals surface area (Å²) in [5.41, 5.74) is 3.37. The normalized spacial score (nSPS) is 14.8. The molecule has 9 nitrogen and oxygen atoms in total. The average Bonchev–Trinajstić information content (AvgIpc) is 3.44. The summed E-state index contributed by atoms with van der Waals surface area (Å²) in [6, 6.07) is 6.08. The van der Waals surface area contributed by atoms with Crippen LogP contribution in [0, 0.1) is 0 Å². The molecule has 0 saturated heterocycles. The van der Waals surface area contributed by atoms with Crippen molar-refractivity contribution < 1.29 is 33.2 Å². The van der Waals surface area contributed by atoms with E-state index >= 15 is 0 Å². The summed E-state index contributed by atoms with van der Waals surface area (Å²) in [5.74, 6) is 4.45. The number of rotatable bonds is 3. The van der Waals surface area contributed by atoms with Crippen LogP contribution in [0.4, 0.5) is 0 Å². The SMILES string of the molecule is COc1cc2c([nH]c3c(OC)c4[nH]c5c6c(c(OC)cc5c4cc32)OCCO6)c2c1OCCO2. The molecule has 0 spiro atoms. The fourth-order valence-corrected chi connectivity index (χ4v) is 5.12. The Morgan fingerprint density at radius 1 is 0.529 bits per heavy atom. The number of aromatic nitrogens is 2. The van der Waals surface area contributed by atoms with Gasteiger partial charge in [0.15, 0.2) is 28.7 Å². The van der Waals surface area contributed by atoms with Gasteiger partial charge in [-0.1, -0.05) is 0 Å². The standard InChI is InChI=1S/C25H22N2O7/c1-28-15-9-13-11-8-12-14-10-16(29-2)22-25(34-7-5-32-22)20(14)27-18(12)23(30-3)17(11)26-19(13)24-21(15)31-4-6-33-24/h8-10,26-27H,4-7H2,1-3H3. The number of benzene rings is 3. The topological polar surface area (TPSA) is 96.2 Å². The molecule has 0 bridgehead atoms. The van der Waals surface area contributed by atoms with E-state index in [1.54, 1.807) is 21.3 Å². The lowest BCUT2D eigenvalue weighted by atomic mass is 10.1. The molecule has 2 aromatic heterocycles. The third-order valence-electron chi connectivity index (χ3n) is 6.56. The van der Waals surface area contributed by atoms with Crippen molar-refractivity contribution in [1.29, 1.82) is 0 Å². The molecule has 174 valence electrons.